The highest BCUT2D eigenvalue weighted by Gasteiger charge is 2.44. The van der Waals surface area contributed by atoms with Crippen LogP contribution >= 0.6 is 11.8 Å². The Morgan fingerprint density at radius 1 is 1.40 bits per heavy atom. The lowest BCUT2D eigenvalue weighted by atomic mass is 10.1. The van der Waals surface area contributed by atoms with Crippen LogP contribution in [0.3, 0.4) is 0 Å². The number of carbonyl (C=O) groups excluding carboxylic acids is 1. The number of carbonyl (C=O) groups is 2. The molecule has 0 spiro atoms. The van der Waals surface area contributed by atoms with Gasteiger partial charge in [-0.3, -0.25) is 9.59 Å². The topological polar surface area (TPSA) is 80.4 Å². The zero-order valence-corrected chi connectivity index (χ0v) is 11.7. The van der Waals surface area contributed by atoms with Crippen molar-refractivity contribution >= 4 is 23.6 Å². The first-order chi connectivity index (χ1) is 9.42. The van der Waals surface area contributed by atoms with Gasteiger partial charge in [0.2, 0.25) is 5.91 Å². The van der Waals surface area contributed by atoms with Gasteiger partial charge >= 0.3 is 5.97 Å². The van der Waals surface area contributed by atoms with Crippen molar-refractivity contribution in [1.29, 1.82) is 0 Å². The van der Waals surface area contributed by atoms with Crippen LogP contribution in [0.1, 0.15) is 35.2 Å². The van der Waals surface area contributed by atoms with Crippen LogP contribution in [-0.2, 0) is 10.5 Å². The number of rotatable bonds is 7. The van der Waals surface area contributed by atoms with Crippen LogP contribution in [0.15, 0.2) is 18.2 Å². The monoisotopic (exact) mass is 297 g/mol. The SMILES string of the molecule is NC(=O)c1ccc(CSCC2(CC(=O)O)CC2)c(F)c1. The summed E-state index contributed by atoms with van der Waals surface area (Å²) in [4.78, 5) is 21.6. The summed E-state index contributed by atoms with van der Waals surface area (Å²) in [6.07, 6.45) is 2.04. The Hall–Kier alpha value is -1.56. The summed E-state index contributed by atoms with van der Waals surface area (Å²) in [7, 11) is 0. The van der Waals surface area contributed by atoms with E-state index in [9.17, 15) is 14.0 Å². The number of halogens is 1. The van der Waals surface area contributed by atoms with E-state index in [0.29, 0.717) is 11.3 Å². The summed E-state index contributed by atoms with van der Waals surface area (Å²) in [5.41, 5.74) is 5.64. The molecule has 6 heteroatoms. The van der Waals surface area contributed by atoms with Crippen LogP contribution in [0.2, 0.25) is 0 Å². The van der Waals surface area contributed by atoms with Crippen molar-refractivity contribution in [3.05, 3.63) is 35.1 Å². The van der Waals surface area contributed by atoms with Gasteiger partial charge in [-0.1, -0.05) is 6.07 Å². The molecule has 1 fully saturated rings. The van der Waals surface area contributed by atoms with Gasteiger partial charge in [0.05, 0.1) is 6.42 Å². The maximum atomic E-state index is 13.7. The molecule has 2 rings (SSSR count). The number of amides is 1. The average molecular weight is 297 g/mol. The number of hydrogen-bond acceptors (Lipinski definition) is 3. The molecule has 0 radical (unpaired) electrons. The zero-order valence-electron chi connectivity index (χ0n) is 10.9. The normalized spacial score (nSPS) is 15.8. The Bertz CT molecular complexity index is 543. The van der Waals surface area contributed by atoms with Crippen molar-refractivity contribution in [2.24, 2.45) is 11.1 Å². The molecule has 0 aromatic heterocycles. The van der Waals surface area contributed by atoms with E-state index in [1.807, 2.05) is 0 Å². The summed E-state index contributed by atoms with van der Waals surface area (Å²) in [6.45, 7) is 0. The molecule has 1 saturated carbocycles. The highest BCUT2D eigenvalue weighted by Crippen LogP contribution is 2.51. The van der Waals surface area contributed by atoms with Crippen molar-refractivity contribution in [1.82, 2.24) is 0 Å². The largest absolute Gasteiger partial charge is 0.481 e. The number of hydrogen-bond donors (Lipinski definition) is 2. The van der Waals surface area contributed by atoms with Crippen LogP contribution in [-0.4, -0.2) is 22.7 Å². The zero-order chi connectivity index (χ0) is 14.8. The lowest BCUT2D eigenvalue weighted by Crippen LogP contribution is -2.12. The molecule has 4 nitrogen and oxygen atoms in total. The van der Waals surface area contributed by atoms with Gasteiger partial charge in [0.25, 0.3) is 0 Å². The Labute approximate surface area is 120 Å². The Morgan fingerprint density at radius 2 is 2.10 bits per heavy atom. The first-order valence-corrected chi connectivity index (χ1v) is 7.45. The lowest BCUT2D eigenvalue weighted by molar-refractivity contribution is -0.138. The minimum Gasteiger partial charge on any atom is -0.481 e. The fourth-order valence-corrected chi connectivity index (χ4v) is 3.44. The molecule has 1 aliphatic carbocycles. The lowest BCUT2D eigenvalue weighted by Gasteiger charge is -2.12. The van der Waals surface area contributed by atoms with Crippen LogP contribution in [0, 0.1) is 11.2 Å². The Balaban J connectivity index is 1.88. The molecule has 20 heavy (non-hydrogen) atoms. The van der Waals surface area contributed by atoms with E-state index >= 15 is 0 Å². The number of benzene rings is 1. The van der Waals surface area contributed by atoms with Gasteiger partial charge in [0, 0.05) is 11.3 Å². The van der Waals surface area contributed by atoms with Crippen LogP contribution in [0.5, 0.6) is 0 Å². The number of primary amides is 1. The van der Waals surface area contributed by atoms with Crippen LogP contribution in [0.25, 0.3) is 0 Å². The quantitative estimate of drug-likeness (QED) is 0.810. The smallest absolute Gasteiger partial charge is 0.303 e. The molecular formula is C14H16FNO3S. The Kier molecular flexibility index (Phi) is 4.32. The van der Waals surface area contributed by atoms with Gasteiger partial charge in [-0.05, 0) is 41.7 Å². The number of carboxylic acids is 1. The molecule has 108 valence electrons. The van der Waals surface area contributed by atoms with Gasteiger partial charge in [-0.25, -0.2) is 4.39 Å². The molecule has 0 bridgehead atoms. The first-order valence-electron chi connectivity index (χ1n) is 6.30. The third-order valence-corrected chi connectivity index (χ3v) is 4.82. The molecular weight excluding hydrogens is 281 g/mol. The second-order valence-electron chi connectivity index (χ2n) is 5.23. The van der Waals surface area contributed by atoms with E-state index < -0.39 is 17.7 Å². The van der Waals surface area contributed by atoms with Crippen molar-refractivity contribution < 1.29 is 19.1 Å². The molecule has 0 aliphatic heterocycles. The van der Waals surface area contributed by atoms with Gasteiger partial charge in [-0.2, -0.15) is 11.8 Å². The molecule has 1 aromatic carbocycles. The summed E-state index contributed by atoms with van der Waals surface area (Å²) >= 11 is 1.53. The van der Waals surface area contributed by atoms with E-state index in [-0.39, 0.29) is 17.4 Å². The first kappa shape index (κ1) is 14.8. The Morgan fingerprint density at radius 3 is 2.60 bits per heavy atom. The van der Waals surface area contributed by atoms with E-state index in [2.05, 4.69) is 0 Å². The number of aliphatic carboxylic acids is 1. The van der Waals surface area contributed by atoms with E-state index in [0.717, 1.165) is 24.7 Å². The second kappa shape index (κ2) is 5.83. The highest BCUT2D eigenvalue weighted by molar-refractivity contribution is 7.98. The van der Waals surface area contributed by atoms with E-state index in [1.54, 1.807) is 6.07 Å². The van der Waals surface area contributed by atoms with Gasteiger partial charge in [-0.15, -0.1) is 0 Å². The molecule has 0 unspecified atom stereocenters. The van der Waals surface area contributed by atoms with Crippen molar-refractivity contribution in [3.63, 3.8) is 0 Å². The molecule has 0 heterocycles. The van der Waals surface area contributed by atoms with Crippen molar-refractivity contribution in [2.45, 2.75) is 25.0 Å². The van der Waals surface area contributed by atoms with Crippen molar-refractivity contribution in [2.75, 3.05) is 5.75 Å². The van der Waals surface area contributed by atoms with Gasteiger partial charge < -0.3 is 10.8 Å². The fraction of sp³-hybridized carbons (Fsp3) is 0.429. The average Bonchev–Trinajstić information content (AvgIpc) is 3.10. The fourth-order valence-electron chi connectivity index (χ4n) is 2.06. The van der Waals surface area contributed by atoms with Crippen LogP contribution in [0.4, 0.5) is 4.39 Å². The minimum atomic E-state index is -0.778. The van der Waals surface area contributed by atoms with Gasteiger partial charge in [0.15, 0.2) is 0 Å². The van der Waals surface area contributed by atoms with E-state index in [4.69, 9.17) is 10.8 Å². The predicted octanol–water partition coefficient (Wildman–Crippen LogP) is 2.41. The number of nitrogens with two attached hydrogens (primary N) is 1. The number of carboxylic acid groups (broad SMARTS) is 1. The molecule has 1 aromatic rings. The van der Waals surface area contributed by atoms with Crippen molar-refractivity contribution in [3.8, 4) is 0 Å². The maximum absolute atomic E-state index is 13.7. The summed E-state index contributed by atoms with van der Waals surface area (Å²) in [5, 5.41) is 8.82. The second-order valence-corrected chi connectivity index (χ2v) is 6.22. The molecule has 3 N–H and O–H groups in total. The third kappa shape index (κ3) is 3.72. The van der Waals surface area contributed by atoms with Gasteiger partial charge in [0.1, 0.15) is 5.82 Å². The third-order valence-electron chi connectivity index (χ3n) is 3.49. The summed E-state index contributed by atoms with van der Waals surface area (Å²) in [5.74, 6) is -0.693. The minimum absolute atomic E-state index is 0.0971. The summed E-state index contributed by atoms with van der Waals surface area (Å²) < 4.78 is 13.7. The molecule has 0 atom stereocenters. The molecule has 1 amide bonds. The standard InChI is InChI=1S/C14H16FNO3S/c15-11-5-9(13(16)19)1-2-10(11)7-20-8-14(3-4-14)6-12(17)18/h1-2,5H,3-4,6-8H2,(H2,16,19)(H,17,18). The van der Waals surface area contributed by atoms with Crippen LogP contribution < -0.4 is 5.73 Å². The maximum Gasteiger partial charge on any atom is 0.303 e. The highest BCUT2D eigenvalue weighted by atomic mass is 32.2. The molecule has 0 saturated heterocycles. The predicted molar refractivity (Wildman–Crippen MR) is 75.0 cm³/mol. The van der Waals surface area contributed by atoms with E-state index in [1.165, 1.54) is 17.8 Å². The molecule has 1 aliphatic rings. The number of thioether (sulfide) groups is 1. The summed E-state index contributed by atoms with van der Waals surface area (Å²) in [6, 6.07) is 4.20.